The van der Waals surface area contributed by atoms with Gasteiger partial charge in [-0.2, -0.15) is 17.6 Å². The molecule has 0 aliphatic carbocycles. The van der Waals surface area contributed by atoms with E-state index in [2.05, 4.69) is 9.46 Å². The van der Waals surface area contributed by atoms with Gasteiger partial charge in [-0.25, -0.2) is 8.42 Å². The lowest BCUT2D eigenvalue weighted by Gasteiger charge is -2.17. The Bertz CT molecular complexity index is 767. The van der Waals surface area contributed by atoms with Gasteiger partial charge < -0.3 is 4.74 Å². The summed E-state index contributed by atoms with van der Waals surface area (Å²) in [5.74, 6) is -0.594. The Morgan fingerprint density at radius 2 is 1.65 bits per heavy atom. The Hall–Kier alpha value is -2.29. The average Bonchev–Trinajstić information content (AvgIpc) is 2.47. The fourth-order valence-electron chi connectivity index (χ4n) is 1.64. The lowest BCUT2D eigenvalue weighted by atomic mass is 10.3. The zero-order valence-electron chi connectivity index (χ0n) is 11.4. The van der Waals surface area contributed by atoms with E-state index in [4.69, 9.17) is 0 Å². The second-order valence-electron chi connectivity index (χ2n) is 4.41. The molecule has 0 saturated carbocycles. The first-order chi connectivity index (χ1) is 10.7. The predicted molar refractivity (Wildman–Crippen MR) is 75.3 cm³/mol. The molecule has 0 saturated heterocycles. The van der Waals surface area contributed by atoms with Crippen molar-refractivity contribution in [1.29, 1.82) is 0 Å². The fraction of sp³-hybridized carbons (Fsp3) is 0.143. The summed E-state index contributed by atoms with van der Waals surface area (Å²) in [6.45, 7) is 0. The van der Waals surface area contributed by atoms with Crippen molar-refractivity contribution >= 4 is 15.7 Å². The predicted octanol–water partition coefficient (Wildman–Crippen LogP) is 3.72. The maximum Gasteiger partial charge on any atom is 0.461 e. The SMILES string of the molecule is O=S(=O)(Nc1cccc(OC(F)(F)C(F)F)c1)c1ccccc1. The minimum Gasteiger partial charge on any atom is -0.428 e. The molecule has 23 heavy (non-hydrogen) atoms. The smallest absolute Gasteiger partial charge is 0.428 e. The zero-order chi connectivity index (χ0) is 17.1. The molecule has 2 aromatic carbocycles. The highest BCUT2D eigenvalue weighted by molar-refractivity contribution is 7.92. The summed E-state index contributed by atoms with van der Waals surface area (Å²) in [5.41, 5.74) is -0.101. The first-order valence-electron chi connectivity index (χ1n) is 6.23. The van der Waals surface area contributed by atoms with Crippen molar-refractivity contribution in [3.8, 4) is 5.75 Å². The van der Waals surface area contributed by atoms with Crippen molar-refractivity contribution in [1.82, 2.24) is 0 Å². The molecule has 2 aromatic rings. The summed E-state index contributed by atoms with van der Waals surface area (Å²) in [6.07, 6.45) is -8.68. The summed E-state index contributed by atoms with van der Waals surface area (Å²) < 4.78 is 80.1. The lowest BCUT2D eigenvalue weighted by Crippen LogP contribution is -2.33. The molecule has 4 nitrogen and oxygen atoms in total. The Balaban J connectivity index is 2.21. The van der Waals surface area contributed by atoms with Gasteiger partial charge in [-0.05, 0) is 24.3 Å². The van der Waals surface area contributed by atoms with Crippen LogP contribution in [0.2, 0.25) is 0 Å². The zero-order valence-corrected chi connectivity index (χ0v) is 12.2. The summed E-state index contributed by atoms with van der Waals surface area (Å²) in [4.78, 5) is -0.0377. The minimum absolute atomic E-state index is 0.0377. The van der Waals surface area contributed by atoms with Crippen LogP contribution >= 0.6 is 0 Å². The summed E-state index contributed by atoms with van der Waals surface area (Å²) >= 11 is 0. The molecule has 0 radical (unpaired) electrons. The quantitative estimate of drug-likeness (QED) is 0.809. The average molecular weight is 349 g/mol. The van der Waals surface area contributed by atoms with Gasteiger partial charge in [0.05, 0.1) is 10.6 Å². The molecule has 2 rings (SSSR count). The number of nitrogens with one attached hydrogen (secondary N) is 1. The van der Waals surface area contributed by atoms with Crippen molar-refractivity contribution in [3.63, 3.8) is 0 Å². The van der Waals surface area contributed by atoms with Crippen LogP contribution in [0.4, 0.5) is 23.2 Å². The van der Waals surface area contributed by atoms with Crippen LogP contribution in [-0.4, -0.2) is 21.0 Å². The lowest BCUT2D eigenvalue weighted by molar-refractivity contribution is -0.253. The molecule has 0 heterocycles. The Kier molecular flexibility index (Phi) is 4.79. The standard InChI is InChI=1S/C14H11F4NO3S/c15-13(16)14(17,18)22-11-6-4-5-10(9-11)19-23(20,21)12-7-2-1-3-8-12/h1-9,13,19H. The van der Waals surface area contributed by atoms with Crippen LogP contribution in [0.25, 0.3) is 0 Å². The summed E-state index contributed by atoms with van der Waals surface area (Å²) in [7, 11) is -3.93. The molecule has 0 aliphatic rings. The third-order valence-electron chi connectivity index (χ3n) is 2.65. The second kappa shape index (κ2) is 6.45. The van der Waals surface area contributed by atoms with Gasteiger partial charge in [-0.3, -0.25) is 4.72 Å². The highest BCUT2D eigenvalue weighted by Gasteiger charge is 2.44. The van der Waals surface area contributed by atoms with Crippen molar-refractivity contribution in [3.05, 3.63) is 54.6 Å². The van der Waals surface area contributed by atoms with Crippen molar-refractivity contribution < 1.29 is 30.7 Å². The van der Waals surface area contributed by atoms with Gasteiger partial charge in [0.2, 0.25) is 0 Å². The molecule has 124 valence electrons. The maximum atomic E-state index is 12.9. The highest BCUT2D eigenvalue weighted by Crippen LogP contribution is 2.29. The summed E-state index contributed by atoms with van der Waals surface area (Å²) in [5, 5.41) is 0. The van der Waals surface area contributed by atoms with E-state index in [9.17, 15) is 26.0 Å². The second-order valence-corrected chi connectivity index (χ2v) is 6.09. The molecule has 9 heteroatoms. The topological polar surface area (TPSA) is 55.4 Å². The van der Waals surface area contributed by atoms with Crippen LogP contribution in [0, 0.1) is 0 Å². The van der Waals surface area contributed by atoms with Gasteiger partial charge in [0, 0.05) is 6.07 Å². The number of ether oxygens (including phenoxy) is 1. The number of rotatable bonds is 6. The Morgan fingerprint density at radius 3 is 2.26 bits per heavy atom. The van der Waals surface area contributed by atoms with E-state index < -0.39 is 28.3 Å². The van der Waals surface area contributed by atoms with Crippen molar-refractivity contribution in [2.45, 2.75) is 17.4 Å². The molecule has 0 fully saturated rings. The normalized spacial score (nSPS) is 12.2. The van der Waals surface area contributed by atoms with Crippen LogP contribution in [0.5, 0.6) is 5.75 Å². The fourth-order valence-corrected chi connectivity index (χ4v) is 2.71. The monoisotopic (exact) mass is 349 g/mol. The molecule has 0 aromatic heterocycles. The molecule has 0 unspecified atom stereocenters. The van der Waals surface area contributed by atoms with Crippen LogP contribution in [0.3, 0.4) is 0 Å². The van der Waals surface area contributed by atoms with E-state index in [1.165, 1.54) is 36.4 Å². The van der Waals surface area contributed by atoms with Crippen molar-refractivity contribution in [2.24, 2.45) is 0 Å². The molecular formula is C14H11F4NO3S. The van der Waals surface area contributed by atoms with Crippen molar-refractivity contribution in [2.75, 3.05) is 4.72 Å². The van der Waals surface area contributed by atoms with Gasteiger partial charge in [-0.1, -0.05) is 24.3 Å². The van der Waals surface area contributed by atoms with Gasteiger partial charge >= 0.3 is 12.5 Å². The first kappa shape index (κ1) is 17.1. The first-order valence-corrected chi connectivity index (χ1v) is 7.72. The van der Waals surface area contributed by atoms with E-state index >= 15 is 0 Å². The van der Waals surface area contributed by atoms with E-state index in [0.29, 0.717) is 0 Å². The third kappa shape index (κ3) is 4.35. The molecular weight excluding hydrogens is 338 g/mol. The molecule has 1 N–H and O–H groups in total. The van der Waals surface area contributed by atoms with Crippen LogP contribution in [0.1, 0.15) is 0 Å². The molecule has 0 bridgehead atoms. The highest BCUT2D eigenvalue weighted by atomic mass is 32.2. The Morgan fingerprint density at radius 1 is 1.00 bits per heavy atom. The number of hydrogen-bond donors (Lipinski definition) is 1. The van der Waals surface area contributed by atoms with E-state index in [1.807, 2.05) is 0 Å². The van der Waals surface area contributed by atoms with E-state index in [0.717, 1.165) is 12.1 Å². The number of benzene rings is 2. The molecule has 0 spiro atoms. The Labute approximate surface area is 129 Å². The van der Waals surface area contributed by atoms with Gasteiger partial charge in [0.25, 0.3) is 10.0 Å². The molecule has 0 atom stereocenters. The third-order valence-corrected chi connectivity index (χ3v) is 4.04. The van der Waals surface area contributed by atoms with Gasteiger partial charge in [-0.15, -0.1) is 0 Å². The molecule has 0 aliphatic heterocycles. The summed E-state index contributed by atoms with van der Waals surface area (Å²) in [6, 6.07) is 11.7. The van der Waals surface area contributed by atoms with E-state index in [1.54, 1.807) is 6.07 Å². The van der Waals surface area contributed by atoms with Crippen LogP contribution < -0.4 is 9.46 Å². The van der Waals surface area contributed by atoms with Gasteiger partial charge in [0.1, 0.15) is 5.75 Å². The van der Waals surface area contributed by atoms with Crippen LogP contribution in [-0.2, 0) is 10.0 Å². The number of sulfonamides is 1. The minimum atomic E-state index is -4.67. The molecule has 0 amide bonds. The largest absolute Gasteiger partial charge is 0.461 e. The van der Waals surface area contributed by atoms with Crippen LogP contribution in [0.15, 0.2) is 59.5 Å². The maximum absolute atomic E-state index is 12.9. The van der Waals surface area contributed by atoms with Gasteiger partial charge in [0.15, 0.2) is 0 Å². The van der Waals surface area contributed by atoms with E-state index in [-0.39, 0.29) is 10.6 Å². The number of hydrogen-bond acceptors (Lipinski definition) is 3. The number of anilines is 1. The number of halogens is 4. The number of alkyl halides is 4.